The van der Waals surface area contributed by atoms with Gasteiger partial charge >= 0.3 is 0 Å². The molecule has 1 aliphatic carbocycles. The first-order chi connectivity index (χ1) is 8.38. The van der Waals surface area contributed by atoms with Gasteiger partial charge in [-0.25, -0.2) is 4.98 Å². The maximum absolute atomic E-state index is 5.67. The summed E-state index contributed by atoms with van der Waals surface area (Å²) in [5.41, 5.74) is 2.37. The monoisotopic (exact) mass is 233 g/mol. The number of ether oxygens (including phenoxy) is 1. The first kappa shape index (κ1) is 11.0. The Bertz CT molecular complexity index is 415. The summed E-state index contributed by atoms with van der Waals surface area (Å²) in [6.45, 7) is 4.54. The summed E-state index contributed by atoms with van der Waals surface area (Å²) in [5, 5.41) is 3.36. The Morgan fingerprint density at radius 3 is 2.94 bits per heavy atom. The van der Waals surface area contributed by atoms with Crippen molar-refractivity contribution in [2.45, 2.75) is 45.1 Å². The number of fused-ring (bicyclic) bond motifs is 1. The van der Waals surface area contributed by atoms with Crippen LogP contribution in [0.15, 0.2) is 0 Å². The molecule has 0 atom stereocenters. The summed E-state index contributed by atoms with van der Waals surface area (Å²) < 4.78 is 5.67. The molecule has 4 nitrogen and oxygen atoms in total. The summed E-state index contributed by atoms with van der Waals surface area (Å²) >= 11 is 0. The lowest BCUT2D eigenvalue weighted by Gasteiger charge is -2.26. The predicted molar refractivity (Wildman–Crippen MR) is 65.2 cm³/mol. The number of nitrogens with zero attached hydrogens (tertiary/aromatic N) is 2. The third-order valence-electron chi connectivity index (χ3n) is 3.66. The molecule has 0 amide bonds. The molecule has 17 heavy (non-hydrogen) atoms. The van der Waals surface area contributed by atoms with Crippen molar-refractivity contribution < 1.29 is 4.74 Å². The van der Waals surface area contributed by atoms with Crippen LogP contribution in [0.5, 0.6) is 5.88 Å². The lowest BCUT2D eigenvalue weighted by Crippen LogP contribution is -2.27. The van der Waals surface area contributed by atoms with Crippen molar-refractivity contribution in [3.05, 3.63) is 17.1 Å². The van der Waals surface area contributed by atoms with Gasteiger partial charge in [-0.3, -0.25) is 0 Å². The van der Waals surface area contributed by atoms with Crippen LogP contribution in [-0.4, -0.2) is 23.1 Å². The molecule has 0 aromatic carbocycles. The molecule has 1 N–H and O–H groups in total. The molecule has 0 unspecified atom stereocenters. The van der Waals surface area contributed by atoms with E-state index in [0.29, 0.717) is 12.5 Å². The van der Waals surface area contributed by atoms with E-state index in [4.69, 9.17) is 9.72 Å². The number of hydrogen-bond donors (Lipinski definition) is 1. The van der Waals surface area contributed by atoms with Crippen LogP contribution in [0.4, 0.5) is 0 Å². The Labute approximate surface area is 102 Å². The van der Waals surface area contributed by atoms with Gasteiger partial charge in [0.25, 0.3) is 0 Å². The van der Waals surface area contributed by atoms with Crippen molar-refractivity contribution in [2.24, 2.45) is 0 Å². The van der Waals surface area contributed by atoms with Crippen molar-refractivity contribution in [1.29, 1.82) is 0 Å². The maximum atomic E-state index is 5.67. The number of hydrogen-bond acceptors (Lipinski definition) is 4. The van der Waals surface area contributed by atoms with Crippen LogP contribution in [0, 0.1) is 0 Å². The highest BCUT2D eigenvalue weighted by Gasteiger charge is 2.26. The van der Waals surface area contributed by atoms with Gasteiger partial charge in [0.1, 0.15) is 5.82 Å². The Morgan fingerprint density at radius 1 is 1.35 bits per heavy atom. The van der Waals surface area contributed by atoms with Crippen molar-refractivity contribution in [1.82, 2.24) is 15.3 Å². The fraction of sp³-hybridized carbons (Fsp3) is 0.692. The van der Waals surface area contributed by atoms with Crippen LogP contribution < -0.4 is 10.1 Å². The highest BCUT2D eigenvalue weighted by molar-refractivity contribution is 5.33. The topological polar surface area (TPSA) is 47.0 Å². The molecule has 1 aromatic heterocycles. The Balaban J connectivity index is 1.98. The molecular formula is C13H19N3O. The highest BCUT2D eigenvalue weighted by atomic mass is 16.5. The van der Waals surface area contributed by atoms with Crippen LogP contribution in [0.2, 0.25) is 0 Å². The molecule has 3 rings (SSSR count). The zero-order valence-corrected chi connectivity index (χ0v) is 10.3. The molecule has 0 bridgehead atoms. The van der Waals surface area contributed by atoms with Crippen LogP contribution >= 0.6 is 0 Å². The quantitative estimate of drug-likeness (QED) is 0.864. The fourth-order valence-electron chi connectivity index (χ4n) is 2.44. The summed E-state index contributed by atoms with van der Waals surface area (Å²) in [5.74, 6) is 2.40. The summed E-state index contributed by atoms with van der Waals surface area (Å²) in [7, 11) is 0. The molecule has 92 valence electrons. The van der Waals surface area contributed by atoms with Gasteiger partial charge in [0.05, 0.1) is 12.3 Å². The standard InChI is InChI=1S/C13H19N3O/c1-2-17-13-10-8-14-7-6-11(10)15-12(16-13)9-4-3-5-9/h9,14H,2-8H2,1H3. The first-order valence-electron chi connectivity index (χ1n) is 6.61. The van der Waals surface area contributed by atoms with E-state index < -0.39 is 0 Å². The number of nitrogens with one attached hydrogen (secondary N) is 1. The fourth-order valence-corrected chi connectivity index (χ4v) is 2.44. The van der Waals surface area contributed by atoms with Crippen molar-refractivity contribution in [2.75, 3.05) is 13.2 Å². The van der Waals surface area contributed by atoms with E-state index in [1.54, 1.807) is 0 Å². The van der Waals surface area contributed by atoms with E-state index >= 15 is 0 Å². The zero-order chi connectivity index (χ0) is 11.7. The third-order valence-corrected chi connectivity index (χ3v) is 3.66. The summed E-state index contributed by atoms with van der Waals surface area (Å²) in [6.07, 6.45) is 4.79. The van der Waals surface area contributed by atoms with Crippen LogP contribution in [0.3, 0.4) is 0 Å². The van der Waals surface area contributed by atoms with Gasteiger partial charge in [0.15, 0.2) is 0 Å². The van der Waals surface area contributed by atoms with Gasteiger partial charge in [-0.1, -0.05) is 6.42 Å². The van der Waals surface area contributed by atoms with Crippen LogP contribution in [0.1, 0.15) is 49.2 Å². The molecule has 0 spiro atoms. The summed E-state index contributed by atoms with van der Waals surface area (Å²) in [4.78, 5) is 9.37. The highest BCUT2D eigenvalue weighted by Crippen LogP contribution is 2.36. The SMILES string of the molecule is CCOc1nc(C2CCC2)nc2c1CNCC2. The molecule has 2 aliphatic rings. The van der Waals surface area contributed by atoms with E-state index in [1.165, 1.54) is 30.5 Å². The van der Waals surface area contributed by atoms with E-state index in [0.717, 1.165) is 31.2 Å². The average molecular weight is 233 g/mol. The van der Waals surface area contributed by atoms with Gasteiger partial charge in [0, 0.05) is 31.0 Å². The van der Waals surface area contributed by atoms with Crippen molar-refractivity contribution in [3.8, 4) is 5.88 Å². The molecule has 1 aromatic rings. The molecule has 1 saturated carbocycles. The molecule has 0 saturated heterocycles. The molecule has 1 fully saturated rings. The van der Waals surface area contributed by atoms with Crippen molar-refractivity contribution >= 4 is 0 Å². The van der Waals surface area contributed by atoms with Gasteiger partial charge in [0.2, 0.25) is 5.88 Å². The minimum atomic E-state index is 0.578. The Hall–Kier alpha value is -1.16. The Morgan fingerprint density at radius 2 is 2.24 bits per heavy atom. The second-order valence-corrected chi connectivity index (χ2v) is 4.80. The van der Waals surface area contributed by atoms with Crippen molar-refractivity contribution in [3.63, 3.8) is 0 Å². The second-order valence-electron chi connectivity index (χ2n) is 4.80. The summed E-state index contributed by atoms with van der Waals surface area (Å²) in [6, 6.07) is 0. The molecular weight excluding hydrogens is 214 g/mol. The number of aromatic nitrogens is 2. The van der Waals surface area contributed by atoms with Crippen LogP contribution in [0.25, 0.3) is 0 Å². The van der Waals surface area contributed by atoms with Gasteiger partial charge in [-0.05, 0) is 19.8 Å². The van der Waals surface area contributed by atoms with E-state index in [1.807, 2.05) is 6.92 Å². The zero-order valence-electron chi connectivity index (χ0n) is 10.3. The maximum Gasteiger partial charge on any atom is 0.221 e. The normalized spacial score (nSPS) is 19.6. The first-order valence-corrected chi connectivity index (χ1v) is 6.61. The minimum absolute atomic E-state index is 0.578. The van der Waals surface area contributed by atoms with Gasteiger partial charge < -0.3 is 10.1 Å². The number of rotatable bonds is 3. The lowest BCUT2D eigenvalue weighted by atomic mass is 9.84. The second kappa shape index (κ2) is 4.61. The van der Waals surface area contributed by atoms with Crippen LogP contribution in [-0.2, 0) is 13.0 Å². The molecule has 4 heteroatoms. The van der Waals surface area contributed by atoms with Gasteiger partial charge in [-0.2, -0.15) is 4.98 Å². The molecule has 2 heterocycles. The van der Waals surface area contributed by atoms with E-state index in [-0.39, 0.29) is 0 Å². The van der Waals surface area contributed by atoms with E-state index in [2.05, 4.69) is 10.3 Å². The lowest BCUT2D eigenvalue weighted by molar-refractivity contribution is 0.311. The average Bonchev–Trinajstić information content (AvgIpc) is 2.27. The molecule has 1 aliphatic heterocycles. The third kappa shape index (κ3) is 2.02. The Kier molecular flexibility index (Phi) is 2.97. The van der Waals surface area contributed by atoms with E-state index in [9.17, 15) is 0 Å². The minimum Gasteiger partial charge on any atom is -0.478 e. The predicted octanol–water partition coefficient (Wildman–Crippen LogP) is 1.79. The largest absolute Gasteiger partial charge is 0.478 e. The molecule has 0 radical (unpaired) electrons. The smallest absolute Gasteiger partial charge is 0.221 e. The van der Waals surface area contributed by atoms with Gasteiger partial charge in [-0.15, -0.1) is 0 Å².